The molecule has 0 amide bonds. The van der Waals surface area contributed by atoms with E-state index in [2.05, 4.69) is 0 Å². The number of carbonyl (C=O) groups excluding carboxylic acids is 2. The molecule has 4 aromatic rings. The van der Waals surface area contributed by atoms with Crippen LogP contribution in [0.15, 0.2) is 60.7 Å². The predicted octanol–water partition coefficient (Wildman–Crippen LogP) is 5.85. The second-order valence-electron chi connectivity index (χ2n) is 7.27. The Morgan fingerprint density at radius 3 is 1.37 bits per heavy atom. The van der Waals surface area contributed by atoms with Gasteiger partial charge in [0.25, 0.3) is 0 Å². The van der Waals surface area contributed by atoms with Crippen LogP contribution in [0.1, 0.15) is 31.8 Å². The normalized spacial score (nSPS) is 10.9. The van der Waals surface area contributed by atoms with E-state index in [1.165, 1.54) is 14.2 Å². The zero-order valence-electron chi connectivity index (χ0n) is 17.4. The summed E-state index contributed by atoms with van der Waals surface area (Å²) in [6.07, 6.45) is 0. The van der Waals surface area contributed by atoms with Gasteiger partial charge in [0.15, 0.2) is 0 Å². The summed E-state index contributed by atoms with van der Waals surface area (Å²) in [6.45, 7) is 3.85. The smallest absolute Gasteiger partial charge is 0.338 e. The van der Waals surface area contributed by atoms with Crippen molar-refractivity contribution in [3.05, 3.63) is 82.9 Å². The molecule has 4 aromatic carbocycles. The van der Waals surface area contributed by atoms with Gasteiger partial charge in [0.05, 0.1) is 25.3 Å². The third kappa shape index (κ3) is 3.01. The fourth-order valence-electron chi connectivity index (χ4n) is 4.19. The van der Waals surface area contributed by atoms with E-state index in [-0.39, 0.29) is 11.9 Å². The SMILES string of the molecule is COC(=O)c1cc2ccccc2c(-c2c(C)c(C(=O)OC)cc3ccccc23)c1C. The summed E-state index contributed by atoms with van der Waals surface area (Å²) in [7, 11) is 2.77. The Morgan fingerprint density at radius 1 is 0.633 bits per heavy atom. The number of benzene rings is 4. The molecule has 0 bridgehead atoms. The first-order valence-electron chi connectivity index (χ1n) is 9.69. The minimum Gasteiger partial charge on any atom is -0.465 e. The van der Waals surface area contributed by atoms with Crippen LogP contribution in [-0.2, 0) is 9.47 Å². The van der Waals surface area contributed by atoms with Crippen molar-refractivity contribution >= 4 is 33.5 Å². The van der Waals surface area contributed by atoms with Crippen LogP contribution < -0.4 is 0 Å². The van der Waals surface area contributed by atoms with E-state index in [4.69, 9.17) is 9.47 Å². The molecule has 0 saturated carbocycles. The summed E-state index contributed by atoms with van der Waals surface area (Å²) in [4.78, 5) is 25.1. The first-order chi connectivity index (χ1) is 14.5. The molecule has 150 valence electrons. The fourth-order valence-corrected chi connectivity index (χ4v) is 4.19. The first-order valence-corrected chi connectivity index (χ1v) is 9.69. The molecule has 0 atom stereocenters. The van der Waals surface area contributed by atoms with Crippen LogP contribution in [0.4, 0.5) is 0 Å². The Bertz CT molecular complexity index is 1210. The number of rotatable bonds is 3. The molecule has 0 heterocycles. The van der Waals surface area contributed by atoms with Crippen LogP contribution in [0.5, 0.6) is 0 Å². The first kappa shape index (κ1) is 19.6. The molecular weight excluding hydrogens is 376 g/mol. The lowest BCUT2D eigenvalue weighted by atomic mass is 9.84. The van der Waals surface area contributed by atoms with Gasteiger partial charge in [-0.2, -0.15) is 0 Å². The van der Waals surface area contributed by atoms with Gasteiger partial charge in [0, 0.05) is 0 Å². The van der Waals surface area contributed by atoms with Gasteiger partial charge in [-0.3, -0.25) is 0 Å². The summed E-state index contributed by atoms with van der Waals surface area (Å²) in [5.41, 5.74) is 4.50. The van der Waals surface area contributed by atoms with Crippen LogP contribution in [0.3, 0.4) is 0 Å². The number of hydrogen-bond donors (Lipinski definition) is 0. The standard InChI is InChI=1S/C26H22O4/c1-15-21(25(27)29-3)13-17-9-5-7-11-19(17)23(15)24-16(2)22(26(28)30-4)14-18-10-6-8-12-20(18)24/h5-14H,1-4H3. The van der Waals surface area contributed by atoms with Gasteiger partial charge in [0.1, 0.15) is 0 Å². The van der Waals surface area contributed by atoms with Crippen molar-refractivity contribution in [2.24, 2.45) is 0 Å². The minimum atomic E-state index is -0.384. The summed E-state index contributed by atoms with van der Waals surface area (Å²) in [5.74, 6) is -0.767. The van der Waals surface area contributed by atoms with E-state index < -0.39 is 0 Å². The molecule has 0 aromatic heterocycles. The van der Waals surface area contributed by atoms with Crippen LogP contribution in [0, 0.1) is 13.8 Å². The third-order valence-electron chi connectivity index (χ3n) is 5.68. The van der Waals surface area contributed by atoms with Crippen molar-refractivity contribution in [3.8, 4) is 11.1 Å². The topological polar surface area (TPSA) is 52.6 Å². The maximum absolute atomic E-state index is 12.5. The molecule has 4 nitrogen and oxygen atoms in total. The highest BCUT2D eigenvalue weighted by Crippen LogP contribution is 2.41. The molecular formula is C26H22O4. The van der Waals surface area contributed by atoms with Crippen molar-refractivity contribution in [2.45, 2.75) is 13.8 Å². The molecule has 0 aliphatic heterocycles. The van der Waals surface area contributed by atoms with E-state index >= 15 is 0 Å². The highest BCUT2D eigenvalue weighted by atomic mass is 16.5. The second kappa shape index (κ2) is 7.64. The van der Waals surface area contributed by atoms with Crippen LogP contribution in [0.2, 0.25) is 0 Å². The molecule has 0 radical (unpaired) electrons. The lowest BCUT2D eigenvalue weighted by Gasteiger charge is -2.20. The van der Waals surface area contributed by atoms with E-state index in [1.807, 2.05) is 74.5 Å². The van der Waals surface area contributed by atoms with Crippen molar-refractivity contribution < 1.29 is 19.1 Å². The largest absolute Gasteiger partial charge is 0.465 e. The number of hydrogen-bond acceptors (Lipinski definition) is 4. The number of fused-ring (bicyclic) bond motifs is 2. The van der Waals surface area contributed by atoms with Gasteiger partial charge in [0.2, 0.25) is 0 Å². The van der Waals surface area contributed by atoms with Crippen molar-refractivity contribution in [3.63, 3.8) is 0 Å². The summed E-state index contributed by atoms with van der Waals surface area (Å²) in [5, 5.41) is 3.90. The van der Waals surface area contributed by atoms with Crippen LogP contribution in [-0.4, -0.2) is 26.2 Å². The molecule has 0 fully saturated rings. The van der Waals surface area contributed by atoms with Gasteiger partial charge in [-0.05, 0) is 69.8 Å². The molecule has 0 N–H and O–H groups in total. The maximum Gasteiger partial charge on any atom is 0.338 e. The van der Waals surface area contributed by atoms with Crippen LogP contribution >= 0.6 is 0 Å². The summed E-state index contributed by atoms with van der Waals surface area (Å²) in [6, 6.07) is 19.6. The molecule has 30 heavy (non-hydrogen) atoms. The number of methoxy groups -OCH3 is 2. The molecule has 4 heteroatoms. The highest BCUT2D eigenvalue weighted by Gasteiger charge is 2.23. The lowest BCUT2D eigenvalue weighted by molar-refractivity contribution is 0.0591. The number of carbonyl (C=O) groups is 2. The highest BCUT2D eigenvalue weighted by molar-refractivity contribution is 6.13. The van der Waals surface area contributed by atoms with Crippen LogP contribution in [0.25, 0.3) is 32.7 Å². The van der Waals surface area contributed by atoms with E-state index in [0.29, 0.717) is 11.1 Å². The van der Waals surface area contributed by atoms with E-state index in [0.717, 1.165) is 43.8 Å². The zero-order valence-corrected chi connectivity index (χ0v) is 17.4. The Balaban J connectivity index is 2.23. The zero-order chi connectivity index (χ0) is 21.4. The lowest BCUT2D eigenvalue weighted by Crippen LogP contribution is -2.08. The molecule has 0 saturated heterocycles. The van der Waals surface area contributed by atoms with Crippen molar-refractivity contribution in [1.82, 2.24) is 0 Å². The Morgan fingerprint density at radius 2 is 1.00 bits per heavy atom. The molecule has 0 aliphatic carbocycles. The van der Waals surface area contributed by atoms with Gasteiger partial charge in [-0.1, -0.05) is 48.5 Å². The average Bonchev–Trinajstić information content (AvgIpc) is 2.78. The van der Waals surface area contributed by atoms with Gasteiger partial charge >= 0.3 is 11.9 Å². The van der Waals surface area contributed by atoms with Gasteiger partial charge in [-0.25, -0.2) is 9.59 Å². The Hall–Kier alpha value is -3.66. The Kier molecular flexibility index (Phi) is 5.00. The van der Waals surface area contributed by atoms with E-state index in [9.17, 15) is 9.59 Å². The van der Waals surface area contributed by atoms with Gasteiger partial charge in [-0.15, -0.1) is 0 Å². The maximum atomic E-state index is 12.5. The second-order valence-corrected chi connectivity index (χ2v) is 7.27. The molecule has 4 rings (SSSR count). The summed E-state index contributed by atoms with van der Waals surface area (Å²) < 4.78 is 10.1. The fraction of sp³-hybridized carbons (Fsp3) is 0.154. The van der Waals surface area contributed by atoms with E-state index in [1.54, 1.807) is 0 Å². The third-order valence-corrected chi connectivity index (χ3v) is 5.68. The van der Waals surface area contributed by atoms with Gasteiger partial charge < -0.3 is 9.47 Å². The molecule has 0 aliphatic rings. The molecule has 0 unspecified atom stereocenters. The predicted molar refractivity (Wildman–Crippen MR) is 119 cm³/mol. The number of ether oxygens (including phenoxy) is 2. The minimum absolute atomic E-state index is 0.384. The Labute approximate surface area is 175 Å². The monoisotopic (exact) mass is 398 g/mol. The summed E-state index contributed by atoms with van der Waals surface area (Å²) >= 11 is 0. The average molecular weight is 398 g/mol. The van der Waals surface area contributed by atoms with Crippen molar-refractivity contribution in [1.29, 1.82) is 0 Å². The molecule has 0 spiro atoms. The number of esters is 2. The van der Waals surface area contributed by atoms with Crippen molar-refractivity contribution in [2.75, 3.05) is 14.2 Å². The quantitative estimate of drug-likeness (QED) is 0.406.